The average Bonchev–Trinajstić information content (AvgIpc) is 2.82. The van der Waals surface area contributed by atoms with Crippen molar-refractivity contribution in [2.45, 2.75) is 50.6 Å². The lowest BCUT2D eigenvalue weighted by molar-refractivity contribution is 0.242. The van der Waals surface area contributed by atoms with E-state index in [0.717, 1.165) is 24.1 Å². The van der Waals surface area contributed by atoms with Gasteiger partial charge in [0.05, 0.1) is 4.90 Å². The molecule has 1 aliphatic carbocycles. The van der Waals surface area contributed by atoms with Crippen LogP contribution in [0, 0.1) is 11.8 Å². The van der Waals surface area contributed by atoms with Gasteiger partial charge in [0.15, 0.2) is 0 Å². The van der Waals surface area contributed by atoms with Crippen molar-refractivity contribution in [2.75, 3.05) is 0 Å². The molecule has 0 bridgehead atoms. The van der Waals surface area contributed by atoms with Crippen LogP contribution < -0.4 is 10.5 Å². The second-order valence-corrected chi connectivity index (χ2v) is 8.18. The minimum Gasteiger partial charge on any atom is -0.326 e. The van der Waals surface area contributed by atoms with Gasteiger partial charge in [-0.3, -0.25) is 0 Å². The number of nitrogens with one attached hydrogen (secondary N) is 1. The molecule has 0 aromatic carbocycles. The Morgan fingerprint density at radius 2 is 2.11 bits per heavy atom. The third-order valence-electron chi connectivity index (χ3n) is 4.10. The highest BCUT2D eigenvalue weighted by molar-refractivity contribution is 7.89. The predicted octanol–water partition coefficient (Wildman–Crippen LogP) is 2.31. The highest BCUT2D eigenvalue weighted by Gasteiger charge is 2.29. The van der Waals surface area contributed by atoms with Crippen LogP contribution in [0.15, 0.2) is 16.3 Å². The molecular weight excluding hydrogens is 280 g/mol. The molecule has 0 spiro atoms. The zero-order chi connectivity index (χ0) is 14.0. The first-order chi connectivity index (χ1) is 8.94. The Labute approximate surface area is 119 Å². The van der Waals surface area contributed by atoms with E-state index in [1.807, 2.05) is 0 Å². The second kappa shape index (κ2) is 5.91. The number of rotatable bonds is 4. The Morgan fingerprint density at radius 1 is 1.37 bits per heavy atom. The number of sulfonamides is 1. The van der Waals surface area contributed by atoms with Crippen molar-refractivity contribution in [3.05, 3.63) is 16.3 Å². The van der Waals surface area contributed by atoms with Gasteiger partial charge in [-0.15, -0.1) is 11.3 Å². The van der Waals surface area contributed by atoms with Crippen LogP contribution in [0.1, 0.15) is 38.0 Å². The molecule has 6 heteroatoms. The number of thiophene rings is 1. The summed E-state index contributed by atoms with van der Waals surface area (Å²) in [6.45, 7) is 4.70. The molecule has 0 saturated heterocycles. The number of hydrogen-bond acceptors (Lipinski definition) is 4. The maximum absolute atomic E-state index is 12.4. The molecule has 1 saturated carbocycles. The van der Waals surface area contributed by atoms with Crippen molar-refractivity contribution >= 4 is 21.4 Å². The van der Waals surface area contributed by atoms with Gasteiger partial charge in [-0.2, -0.15) is 0 Å². The Balaban J connectivity index is 2.10. The Hall–Kier alpha value is -0.430. The standard InChI is InChI=1S/C13H22N2O2S2/c1-9-3-4-11(7-10(9)2)15-19(16,17)13-5-6-18-12(13)8-14/h5-6,9-11,15H,3-4,7-8,14H2,1-2H3. The molecule has 3 unspecified atom stereocenters. The van der Waals surface area contributed by atoms with Crippen molar-refractivity contribution in [1.29, 1.82) is 0 Å². The summed E-state index contributed by atoms with van der Waals surface area (Å²) in [7, 11) is -3.42. The Morgan fingerprint density at radius 3 is 2.74 bits per heavy atom. The molecule has 2 rings (SSSR count). The fourth-order valence-electron chi connectivity index (χ4n) is 2.65. The molecule has 108 valence electrons. The topological polar surface area (TPSA) is 72.2 Å². The summed E-state index contributed by atoms with van der Waals surface area (Å²) in [5.74, 6) is 1.25. The Bertz CT molecular complexity index is 525. The summed E-state index contributed by atoms with van der Waals surface area (Å²) in [5.41, 5.74) is 5.58. The first-order valence-electron chi connectivity index (χ1n) is 6.72. The van der Waals surface area contributed by atoms with Gasteiger partial charge in [0.25, 0.3) is 0 Å². The Kier molecular flexibility index (Phi) is 4.66. The van der Waals surface area contributed by atoms with Gasteiger partial charge in [-0.05, 0) is 42.5 Å². The van der Waals surface area contributed by atoms with Crippen molar-refractivity contribution in [3.8, 4) is 0 Å². The van der Waals surface area contributed by atoms with Gasteiger partial charge in [0, 0.05) is 17.5 Å². The zero-order valence-corrected chi connectivity index (χ0v) is 13.1. The summed E-state index contributed by atoms with van der Waals surface area (Å²) in [6.07, 6.45) is 2.93. The molecule has 1 fully saturated rings. The van der Waals surface area contributed by atoms with Crippen LogP contribution >= 0.6 is 11.3 Å². The van der Waals surface area contributed by atoms with E-state index in [0.29, 0.717) is 16.7 Å². The second-order valence-electron chi connectivity index (χ2n) is 5.50. The monoisotopic (exact) mass is 302 g/mol. The minimum absolute atomic E-state index is 0.0572. The van der Waals surface area contributed by atoms with Crippen molar-refractivity contribution in [2.24, 2.45) is 17.6 Å². The maximum atomic E-state index is 12.4. The first kappa shape index (κ1) is 15.0. The summed E-state index contributed by atoms with van der Waals surface area (Å²) in [4.78, 5) is 1.08. The van der Waals surface area contributed by atoms with E-state index in [2.05, 4.69) is 18.6 Å². The number of nitrogens with two attached hydrogens (primary N) is 1. The van der Waals surface area contributed by atoms with E-state index in [1.54, 1.807) is 11.4 Å². The van der Waals surface area contributed by atoms with Gasteiger partial charge < -0.3 is 5.73 Å². The van der Waals surface area contributed by atoms with Crippen molar-refractivity contribution in [1.82, 2.24) is 4.72 Å². The quantitative estimate of drug-likeness (QED) is 0.896. The van der Waals surface area contributed by atoms with Crippen molar-refractivity contribution < 1.29 is 8.42 Å². The van der Waals surface area contributed by atoms with Crippen LogP contribution in [0.2, 0.25) is 0 Å². The smallest absolute Gasteiger partial charge is 0.241 e. The molecule has 1 aromatic heterocycles. The highest BCUT2D eigenvalue weighted by atomic mass is 32.2. The van der Waals surface area contributed by atoms with Crippen LogP contribution in [-0.4, -0.2) is 14.5 Å². The lowest BCUT2D eigenvalue weighted by atomic mass is 9.79. The van der Waals surface area contributed by atoms with E-state index in [4.69, 9.17) is 5.73 Å². The highest BCUT2D eigenvalue weighted by Crippen LogP contribution is 2.30. The van der Waals surface area contributed by atoms with Gasteiger partial charge in [0.2, 0.25) is 10.0 Å². The van der Waals surface area contributed by atoms with Crippen LogP contribution in [0.4, 0.5) is 0 Å². The molecule has 1 heterocycles. The minimum atomic E-state index is -3.42. The van der Waals surface area contributed by atoms with E-state index in [-0.39, 0.29) is 12.6 Å². The molecule has 3 N–H and O–H groups in total. The molecule has 4 nitrogen and oxygen atoms in total. The van der Waals surface area contributed by atoms with E-state index < -0.39 is 10.0 Å². The molecule has 3 atom stereocenters. The largest absolute Gasteiger partial charge is 0.326 e. The van der Waals surface area contributed by atoms with Gasteiger partial charge in [-0.25, -0.2) is 13.1 Å². The van der Waals surface area contributed by atoms with Gasteiger partial charge in [0.1, 0.15) is 0 Å². The molecule has 19 heavy (non-hydrogen) atoms. The summed E-state index contributed by atoms with van der Waals surface area (Å²) in [5, 5.41) is 1.78. The van der Waals surface area contributed by atoms with Crippen LogP contribution in [0.3, 0.4) is 0 Å². The van der Waals surface area contributed by atoms with Crippen LogP contribution in [-0.2, 0) is 16.6 Å². The first-order valence-corrected chi connectivity index (χ1v) is 9.09. The van der Waals surface area contributed by atoms with Gasteiger partial charge >= 0.3 is 0 Å². The third-order valence-corrected chi connectivity index (χ3v) is 6.78. The van der Waals surface area contributed by atoms with Crippen LogP contribution in [0.5, 0.6) is 0 Å². The average molecular weight is 302 g/mol. The molecule has 0 aliphatic heterocycles. The third kappa shape index (κ3) is 3.37. The lowest BCUT2D eigenvalue weighted by Gasteiger charge is -2.32. The fraction of sp³-hybridized carbons (Fsp3) is 0.692. The molecule has 0 radical (unpaired) electrons. The van der Waals surface area contributed by atoms with E-state index in [9.17, 15) is 8.42 Å². The summed E-state index contributed by atoms with van der Waals surface area (Å²) >= 11 is 1.40. The molecule has 0 amide bonds. The molecule has 1 aromatic rings. The fourth-order valence-corrected chi connectivity index (χ4v) is 5.27. The SMILES string of the molecule is CC1CCC(NS(=O)(=O)c2ccsc2CN)CC1C. The van der Waals surface area contributed by atoms with E-state index >= 15 is 0 Å². The summed E-state index contributed by atoms with van der Waals surface area (Å²) < 4.78 is 27.6. The zero-order valence-electron chi connectivity index (χ0n) is 11.4. The molecular formula is C13H22N2O2S2. The predicted molar refractivity (Wildman–Crippen MR) is 78.5 cm³/mol. The normalized spacial score (nSPS) is 28.5. The van der Waals surface area contributed by atoms with Crippen molar-refractivity contribution in [3.63, 3.8) is 0 Å². The molecule has 1 aliphatic rings. The van der Waals surface area contributed by atoms with E-state index in [1.165, 1.54) is 11.3 Å². The lowest BCUT2D eigenvalue weighted by Crippen LogP contribution is -2.39. The van der Waals surface area contributed by atoms with Gasteiger partial charge in [-0.1, -0.05) is 13.8 Å². The maximum Gasteiger partial charge on any atom is 0.241 e. The van der Waals surface area contributed by atoms with Crippen LogP contribution in [0.25, 0.3) is 0 Å². The summed E-state index contributed by atoms with van der Waals surface area (Å²) in [6, 6.07) is 1.70. The number of hydrogen-bond donors (Lipinski definition) is 2.